The predicted octanol–water partition coefficient (Wildman–Crippen LogP) is 2.49. The van der Waals surface area contributed by atoms with Crippen molar-refractivity contribution < 1.29 is 18.3 Å². The van der Waals surface area contributed by atoms with Crippen molar-refractivity contribution in [2.24, 2.45) is 0 Å². The molecule has 0 bridgehead atoms. The Balaban J connectivity index is 1.63. The standard InChI is InChI=1S/C18H24F2N2O2/c19-15-5-4-12(9-16(15)20)14-6-7-21-11-17(14)22-18(23)10-13-3-1-2-8-24-13/h4-5,9,13-14,17,21H,1-3,6-8,10-11H2,(H,22,23). The highest BCUT2D eigenvalue weighted by Gasteiger charge is 2.29. The molecule has 6 heteroatoms. The molecule has 2 saturated heterocycles. The van der Waals surface area contributed by atoms with Gasteiger partial charge in [-0.05, 0) is 49.9 Å². The number of benzene rings is 1. The van der Waals surface area contributed by atoms with Crippen molar-refractivity contribution in [2.45, 2.75) is 50.2 Å². The lowest BCUT2D eigenvalue weighted by molar-refractivity contribution is -0.125. The molecular weight excluding hydrogens is 314 g/mol. The fourth-order valence-corrected chi connectivity index (χ4v) is 3.59. The summed E-state index contributed by atoms with van der Waals surface area (Å²) in [4.78, 5) is 12.3. The molecule has 1 aromatic rings. The minimum atomic E-state index is -0.845. The van der Waals surface area contributed by atoms with Gasteiger partial charge in [0.25, 0.3) is 0 Å². The minimum Gasteiger partial charge on any atom is -0.378 e. The summed E-state index contributed by atoms with van der Waals surface area (Å²) in [6.07, 6.45) is 4.21. The molecule has 0 aliphatic carbocycles. The second-order valence-electron chi connectivity index (χ2n) is 6.64. The summed E-state index contributed by atoms with van der Waals surface area (Å²) in [5.41, 5.74) is 0.731. The zero-order valence-corrected chi connectivity index (χ0v) is 13.7. The van der Waals surface area contributed by atoms with Crippen LogP contribution in [0.3, 0.4) is 0 Å². The van der Waals surface area contributed by atoms with Gasteiger partial charge < -0.3 is 15.4 Å². The lowest BCUT2D eigenvalue weighted by Crippen LogP contribution is -2.50. The van der Waals surface area contributed by atoms with Crippen molar-refractivity contribution in [3.63, 3.8) is 0 Å². The van der Waals surface area contributed by atoms with Crippen LogP contribution in [0.5, 0.6) is 0 Å². The summed E-state index contributed by atoms with van der Waals surface area (Å²) >= 11 is 0. The van der Waals surface area contributed by atoms with E-state index in [9.17, 15) is 13.6 Å². The molecule has 3 unspecified atom stereocenters. The number of amides is 1. The Bertz CT molecular complexity index is 576. The van der Waals surface area contributed by atoms with Gasteiger partial charge in [0.15, 0.2) is 11.6 Å². The van der Waals surface area contributed by atoms with Crippen molar-refractivity contribution in [3.05, 3.63) is 35.4 Å². The number of carbonyl (C=O) groups is 1. The molecule has 0 saturated carbocycles. The number of carbonyl (C=O) groups excluding carboxylic acids is 1. The van der Waals surface area contributed by atoms with E-state index >= 15 is 0 Å². The zero-order valence-electron chi connectivity index (χ0n) is 13.7. The van der Waals surface area contributed by atoms with Gasteiger partial charge in [-0.25, -0.2) is 8.78 Å². The number of rotatable bonds is 4. The van der Waals surface area contributed by atoms with Crippen LogP contribution < -0.4 is 10.6 Å². The molecule has 2 aliphatic heterocycles. The smallest absolute Gasteiger partial charge is 0.222 e. The first-order chi connectivity index (χ1) is 11.6. The fourth-order valence-electron chi connectivity index (χ4n) is 3.59. The summed E-state index contributed by atoms with van der Waals surface area (Å²) in [6.45, 7) is 2.14. The molecule has 2 fully saturated rings. The Hall–Kier alpha value is -1.53. The summed E-state index contributed by atoms with van der Waals surface area (Å²) in [6, 6.07) is 3.88. The van der Waals surface area contributed by atoms with Crippen molar-refractivity contribution in [2.75, 3.05) is 19.7 Å². The molecule has 0 aromatic heterocycles. The predicted molar refractivity (Wildman–Crippen MR) is 86.7 cm³/mol. The average Bonchev–Trinajstić information content (AvgIpc) is 2.59. The number of ether oxygens (including phenoxy) is 1. The van der Waals surface area contributed by atoms with E-state index in [0.717, 1.165) is 50.5 Å². The van der Waals surface area contributed by atoms with Gasteiger partial charge in [0.1, 0.15) is 0 Å². The first kappa shape index (κ1) is 17.3. The van der Waals surface area contributed by atoms with Crippen molar-refractivity contribution in [1.29, 1.82) is 0 Å². The Morgan fingerprint density at radius 2 is 2.12 bits per heavy atom. The molecule has 132 valence electrons. The lowest BCUT2D eigenvalue weighted by Gasteiger charge is -2.33. The van der Waals surface area contributed by atoms with E-state index < -0.39 is 11.6 Å². The van der Waals surface area contributed by atoms with E-state index in [2.05, 4.69) is 10.6 Å². The van der Waals surface area contributed by atoms with Gasteiger partial charge in [-0.15, -0.1) is 0 Å². The highest BCUT2D eigenvalue weighted by Crippen LogP contribution is 2.27. The van der Waals surface area contributed by atoms with Crippen LogP contribution >= 0.6 is 0 Å². The molecule has 2 heterocycles. The van der Waals surface area contributed by atoms with Crippen LogP contribution in [0.1, 0.15) is 43.6 Å². The van der Waals surface area contributed by atoms with Gasteiger partial charge >= 0.3 is 0 Å². The van der Waals surface area contributed by atoms with Crippen LogP contribution in [0.2, 0.25) is 0 Å². The number of piperidine rings is 1. The van der Waals surface area contributed by atoms with Gasteiger partial charge in [-0.1, -0.05) is 6.07 Å². The van der Waals surface area contributed by atoms with Crippen LogP contribution in [0.25, 0.3) is 0 Å². The third-order valence-electron chi connectivity index (χ3n) is 4.89. The summed E-state index contributed by atoms with van der Waals surface area (Å²) in [7, 11) is 0. The highest BCUT2D eigenvalue weighted by molar-refractivity contribution is 5.77. The maximum Gasteiger partial charge on any atom is 0.222 e. The number of hydrogen-bond acceptors (Lipinski definition) is 3. The van der Waals surface area contributed by atoms with Crippen molar-refractivity contribution in [1.82, 2.24) is 10.6 Å². The van der Waals surface area contributed by atoms with Gasteiger partial charge in [-0.2, -0.15) is 0 Å². The first-order valence-electron chi connectivity index (χ1n) is 8.70. The van der Waals surface area contributed by atoms with Crippen molar-refractivity contribution >= 4 is 5.91 Å². The Kier molecular flexibility index (Phi) is 5.79. The summed E-state index contributed by atoms with van der Waals surface area (Å²) in [5, 5.41) is 6.31. The van der Waals surface area contributed by atoms with E-state index in [0.29, 0.717) is 13.0 Å². The third kappa shape index (κ3) is 4.30. The third-order valence-corrected chi connectivity index (χ3v) is 4.89. The average molecular weight is 338 g/mol. The number of halogens is 2. The topological polar surface area (TPSA) is 50.4 Å². The first-order valence-corrected chi connectivity index (χ1v) is 8.70. The Morgan fingerprint density at radius 1 is 1.25 bits per heavy atom. The van der Waals surface area contributed by atoms with E-state index in [1.165, 1.54) is 6.07 Å². The molecule has 2 aliphatic rings. The summed E-state index contributed by atoms with van der Waals surface area (Å²) in [5.74, 6) is -1.74. The summed E-state index contributed by atoms with van der Waals surface area (Å²) < 4.78 is 32.3. The van der Waals surface area contributed by atoms with E-state index in [-0.39, 0.29) is 24.0 Å². The van der Waals surface area contributed by atoms with Crippen LogP contribution in [0.15, 0.2) is 18.2 Å². The van der Waals surface area contributed by atoms with Gasteiger partial charge in [0.05, 0.1) is 12.5 Å². The number of nitrogens with one attached hydrogen (secondary N) is 2. The lowest BCUT2D eigenvalue weighted by atomic mass is 9.85. The molecule has 4 nitrogen and oxygen atoms in total. The molecule has 0 spiro atoms. The highest BCUT2D eigenvalue weighted by atomic mass is 19.2. The van der Waals surface area contributed by atoms with Crippen LogP contribution in [-0.4, -0.2) is 37.7 Å². The number of hydrogen-bond donors (Lipinski definition) is 2. The molecule has 1 aromatic carbocycles. The second kappa shape index (κ2) is 8.03. The molecule has 24 heavy (non-hydrogen) atoms. The Morgan fingerprint density at radius 3 is 2.88 bits per heavy atom. The molecule has 3 rings (SSSR count). The van der Waals surface area contributed by atoms with Crippen LogP contribution in [0, 0.1) is 11.6 Å². The maximum atomic E-state index is 13.5. The van der Waals surface area contributed by atoms with Gasteiger partial charge in [-0.3, -0.25) is 4.79 Å². The van der Waals surface area contributed by atoms with E-state index in [1.807, 2.05) is 0 Å². The van der Waals surface area contributed by atoms with E-state index in [4.69, 9.17) is 4.74 Å². The second-order valence-corrected chi connectivity index (χ2v) is 6.64. The molecule has 2 N–H and O–H groups in total. The van der Waals surface area contributed by atoms with E-state index in [1.54, 1.807) is 6.07 Å². The minimum absolute atomic E-state index is 0.00276. The molecular formula is C18H24F2N2O2. The fraction of sp³-hybridized carbons (Fsp3) is 0.611. The quantitative estimate of drug-likeness (QED) is 0.887. The molecule has 3 atom stereocenters. The van der Waals surface area contributed by atoms with Gasteiger partial charge in [0, 0.05) is 25.1 Å². The van der Waals surface area contributed by atoms with Crippen LogP contribution in [0.4, 0.5) is 8.78 Å². The largest absolute Gasteiger partial charge is 0.378 e. The molecule has 1 amide bonds. The zero-order chi connectivity index (χ0) is 16.9. The molecule has 0 radical (unpaired) electrons. The van der Waals surface area contributed by atoms with Gasteiger partial charge in [0.2, 0.25) is 5.91 Å². The SMILES string of the molecule is O=C(CC1CCCCO1)NC1CNCCC1c1ccc(F)c(F)c1. The van der Waals surface area contributed by atoms with Crippen LogP contribution in [-0.2, 0) is 9.53 Å². The monoisotopic (exact) mass is 338 g/mol. The Labute approximate surface area is 141 Å². The maximum absolute atomic E-state index is 13.5. The van der Waals surface area contributed by atoms with Crippen molar-refractivity contribution in [3.8, 4) is 0 Å². The normalized spacial score (nSPS) is 27.7.